The van der Waals surface area contributed by atoms with E-state index >= 15 is 0 Å². The second-order valence-electron chi connectivity index (χ2n) is 4.94. The SMILES string of the molecule is Cc1nccn1-c1ccc(CNC(=O)/C=C/c2ccco2)cn1. The lowest BCUT2D eigenvalue weighted by atomic mass is 10.2. The van der Waals surface area contributed by atoms with E-state index < -0.39 is 0 Å². The van der Waals surface area contributed by atoms with Gasteiger partial charge < -0.3 is 9.73 Å². The first-order valence-corrected chi connectivity index (χ1v) is 7.17. The summed E-state index contributed by atoms with van der Waals surface area (Å²) in [6.07, 6.45) is 9.96. The van der Waals surface area contributed by atoms with Crippen molar-refractivity contribution in [2.75, 3.05) is 0 Å². The van der Waals surface area contributed by atoms with Gasteiger partial charge in [-0.15, -0.1) is 0 Å². The number of amides is 1. The fourth-order valence-corrected chi connectivity index (χ4v) is 2.08. The highest BCUT2D eigenvalue weighted by atomic mass is 16.3. The van der Waals surface area contributed by atoms with Gasteiger partial charge in [-0.1, -0.05) is 6.07 Å². The number of hydrogen-bond donors (Lipinski definition) is 1. The van der Waals surface area contributed by atoms with E-state index in [1.165, 1.54) is 6.08 Å². The maximum absolute atomic E-state index is 11.7. The molecular weight excluding hydrogens is 292 g/mol. The second-order valence-corrected chi connectivity index (χ2v) is 4.94. The molecular formula is C17H16N4O2. The van der Waals surface area contributed by atoms with Gasteiger partial charge in [-0.2, -0.15) is 0 Å². The van der Waals surface area contributed by atoms with Gasteiger partial charge >= 0.3 is 0 Å². The molecule has 0 aliphatic carbocycles. The van der Waals surface area contributed by atoms with Crippen LogP contribution in [0.2, 0.25) is 0 Å². The molecule has 0 saturated heterocycles. The van der Waals surface area contributed by atoms with E-state index in [0.717, 1.165) is 17.2 Å². The molecule has 0 spiro atoms. The Morgan fingerprint density at radius 1 is 1.35 bits per heavy atom. The normalized spacial score (nSPS) is 11.0. The van der Waals surface area contributed by atoms with Crippen molar-refractivity contribution in [2.45, 2.75) is 13.5 Å². The van der Waals surface area contributed by atoms with Gasteiger partial charge in [0.15, 0.2) is 0 Å². The highest BCUT2D eigenvalue weighted by Gasteiger charge is 2.02. The summed E-state index contributed by atoms with van der Waals surface area (Å²) in [5.41, 5.74) is 0.922. The van der Waals surface area contributed by atoms with E-state index in [0.29, 0.717) is 12.3 Å². The van der Waals surface area contributed by atoms with Gasteiger partial charge in [0.05, 0.1) is 6.26 Å². The van der Waals surface area contributed by atoms with Crippen molar-refractivity contribution in [3.63, 3.8) is 0 Å². The molecule has 3 heterocycles. The number of carbonyl (C=O) groups is 1. The minimum atomic E-state index is -0.184. The van der Waals surface area contributed by atoms with Crippen LogP contribution in [0.3, 0.4) is 0 Å². The monoisotopic (exact) mass is 308 g/mol. The molecule has 0 bridgehead atoms. The van der Waals surface area contributed by atoms with Gasteiger partial charge in [0.25, 0.3) is 0 Å². The Hall–Kier alpha value is -3.15. The largest absolute Gasteiger partial charge is 0.465 e. The van der Waals surface area contributed by atoms with Gasteiger partial charge in [-0.05, 0) is 36.8 Å². The van der Waals surface area contributed by atoms with Crippen molar-refractivity contribution < 1.29 is 9.21 Å². The molecule has 0 aliphatic heterocycles. The van der Waals surface area contributed by atoms with Gasteiger partial charge in [-0.3, -0.25) is 9.36 Å². The second kappa shape index (κ2) is 6.74. The first kappa shape index (κ1) is 14.8. The minimum absolute atomic E-state index is 0.184. The third-order valence-corrected chi connectivity index (χ3v) is 3.29. The maximum Gasteiger partial charge on any atom is 0.244 e. The van der Waals surface area contributed by atoms with Crippen LogP contribution in [0, 0.1) is 6.92 Å². The van der Waals surface area contributed by atoms with E-state index in [2.05, 4.69) is 15.3 Å². The van der Waals surface area contributed by atoms with Crippen LogP contribution in [-0.2, 0) is 11.3 Å². The number of nitrogens with zero attached hydrogens (tertiary/aromatic N) is 3. The summed E-state index contributed by atoms with van der Waals surface area (Å²) < 4.78 is 7.02. The standard InChI is InChI=1S/C17H16N4O2/c1-13-18-8-9-21(13)16-6-4-14(11-19-16)12-20-17(22)7-5-15-3-2-10-23-15/h2-11H,12H2,1H3,(H,20,22)/b7-5+. The van der Waals surface area contributed by atoms with Crippen LogP contribution in [0.4, 0.5) is 0 Å². The zero-order chi connectivity index (χ0) is 16.1. The van der Waals surface area contributed by atoms with E-state index in [1.807, 2.05) is 29.8 Å². The number of imidazole rings is 1. The molecule has 0 atom stereocenters. The number of nitrogens with one attached hydrogen (secondary N) is 1. The van der Waals surface area contributed by atoms with E-state index in [9.17, 15) is 4.79 Å². The summed E-state index contributed by atoms with van der Waals surface area (Å²) in [7, 11) is 0. The minimum Gasteiger partial charge on any atom is -0.465 e. The molecule has 0 unspecified atom stereocenters. The topological polar surface area (TPSA) is 73.0 Å². The fraction of sp³-hybridized carbons (Fsp3) is 0.118. The predicted octanol–water partition coefficient (Wildman–Crippen LogP) is 2.50. The van der Waals surface area contributed by atoms with Crippen molar-refractivity contribution in [3.05, 3.63) is 72.3 Å². The molecule has 1 amide bonds. The molecule has 0 saturated carbocycles. The molecule has 6 nitrogen and oxygen atoms in total. The molecule has 116 valence electrons. The molecule has 23 heavy (non-hydrogen) atoms. The van der Waals surface area contributed by atoms with Crippen LogP contribution in [0.25, 0.3) is 11.9 Å². The maximum atomic E-state index is 11.7. The van der Waals surface area contributed by atoms with Gasteiger partial charge in [0, 0.05) is 31.2 Å². The lowest BCUT2D eigenvalue weighted by molar-refractivity contribution is -0.116. The Labute approximate surface area is 133 Å². The van der Waals surface area contributed by atoms with Crippen molar-refractivity contribution in [1.82, 2.24) is 19.9 Å². The number of aromatic nitrogens is 3. The third-order valence-electron chi connectivity index (χ3n) is 3.29. The molecule has 0 radical (unpaired) electrons. The van der Waals surface area contributed by atoms with Gasteiger partial charge in [0.2, 0.25) is 5.91 Å². The van der Waals surface area contributed by atoms with E-state index in [4.69, 9.17) is 4.42 Å². The van der Waals surface area contributed by atoms with Crippen LogP contribution in [0.5, 0.6) is 0 Å². The highest BCUT2D eigenvalue weighted by Crippen LogP contribution is 2.08. The summed E-state index contributed by atoms with van der Waals surface area (Å²) in [6.45, 7) is 2.33. The first-order valence-electron chi connectivity index (χ1n) is 7.17. The number of furan rings is 1. The zero-order valence-corrected chi connectivity index (χ0v) is 12.6. The molecule has 3 rings (SSSR count). The lowest BCUT2D eigenvalue weighted by Gasteiger charge is -2.06. The fourth-order valence-electron chi connectivity index (χ4n) is 2.08. The number of aryl methyl sites for hydroxylation is 1. The summed E-state index contributed by atoms with van der Waals surface area (Å²) in [4.78, 5) is 20.3. The number of hydrogen-bond acceptors (Lipinski definition) is 4. The Balaban J connectivity index is 1.56. The van der Waals surface area contributed by atoms with Crippen molar-refractivity contribution >= 4 is 12.0 Å². The molecule has 1 N–H and O–H groups in total. The van der Waals surface area contributed by atoms with Gasteiger partial charge in [-0.25, -0.2) is 9.97 Å². The average molecular weight is 308 g/mol. The van der Waals surface area contributed by atoms with Gasteiger partial charge in [0.1, 0.15) is 17.4 Å². The number of rotatable bonds is 5. The highest BCUT2D eigenvalue weighted by molar-refractivity contribution is 5.91. The number of carbonyl (C=O) groups excluding carboxylic acids is 1. The quantitative estimate of drug-likeness (QED) is 0.735. The summed E-state index contributed by atoms with van der Waals surface area (Å²) >= 11 is 0. The van der Waals surface area contributed by atoms with Crippen LogP contribution in [0.1, 0.15) is 17.1 Å². The summed E-state index contributed by atoms with van der Waals surface area (Å²) in [5, 5.41) is 2.80. The van der Waals surface area contributed by atoms with Crippen LogP contribution in [-0.4, -0.2) is 20.4 Å². The molecule has 0 aliphatic rings. The number of pyridine rings is 1. The molecule has 3 aromatic heterocycles. The van der Waals surface area contributed by atoms with E-state index in [1.54, 1.807) is 36.9 Å². The van der Waals surface area contributed by atoms with Crippen molar-refractivity contribution in [1.29, 1.82) is 0 Å². The molecule has 0 aromatic carbocycles. The predicted molar refractivity (Wildman–Crippen MR) is 85.7 cm³/mol. The van der Waals surface area contributed by atoms with Crippen LogP contribution >= 0.6 is 0 Å². The van der Waals surface area contributed by atoms with Crippen LogP contribution in [0.15, 0.2) is 59.6 Å². The zero-order valence-electron chi connectivity index (χ0n) is 12.6. The Morgan fingerprint density at radius 3 is 2.91 bits per heavy atom. The van der Waals surface area contributed by atoms with Crippen LogP contribution < -0.4 is 5.32 Å². The first-order chi connectivity index (χ1) is 11.2. The third kappa shape index (κ3) is 3.74. The van der Waals surface area contributed by atoms with E-state index in [-0.39, 0.29) is 5.91 Å². The Bertz CT molecular complexity index is 802. The molecule has 6 heteroatoms. The van der Waals surface area contributed by atoms with Crippen molar-refractivity contribution in [2.24, 2.45) is 0 Å². The Kier molecular flexibility index (Phi) is 4.33. The Morgan fingerprint density at radius 2 is 2.26 bits per heavy atom. The van der Waals surface area contributed by atoms with Crippen molar-refractivity contribution in [3.8, 4) is 5.82 Å². The smallest absolute Gasteiger partial charge is 0.244 e. The molecule has 0 fully saturated rings. The summed E-state index contributed by atoms with van der Waals surface area (Å²) in [6, 6.07) is 7.38. The lowest BCUT2D eigenvalue weighted by Crippen LogP contribution is -2.20. The molecule has 3 aromatic rings. The average Bonchev–Trinajstić information content (AvgIpc) is 3.23. The summed E-state index contributed by atoms with van der Waals surface area (Å²) in [5.74, 6) is 2.13.